The number of anilines is 1. The Morgan fingerprint density at radius 2 is 1.74 bits per heavy atom. The van der Waals surface area contributed by atoms with E-state index in [-0.39, 0.29) is 23.0 Å². The third-order valence-electron chi connectivity index (χ3n) is 5.17. The van der Waals surface area contributed by atoms with Gasteiger partial charge >= 0.3 is 0 Å². The second kappa shape index (κ2) is 11.4. The van der Waals surface area contributed by atoms with Crippen LogP contribution < -0.4 is 14.4 Å². The van der Waals surface area contributed by atoms with Crippen molar-refractivity contribution in [2.24, 2.45) is 0 Å². The smallest absolute Gasteiger partial charge is 0.243 e. The van der Waals surface area contributed by atoms with Gasteiger partial charge in [-0.1, -0.05) is 48.0 Å². The molecular formula is C25H27ClN2O5S. The molecule has 3 rings (SSSR count). The van der Waals surface area contributed by atoms with E-state index < -0.39 is 15.9 Å². The van der Waals surface area contributed by atoms with E-state index in [1.165, 1.54) is 30.2 Å². The second-order valence-corrected chi connectivity index (χ2v) is 9.78. The van der Waals surface area contributed by atoms with Gasteiger partial charge in [-0.15, -0.1) is 0 Å². The number of methoxy groups -OCH3 is 1. The van der Waals surface area contributed by atoms with E-state index in [4.69, 9.17) is 21.1 Å². The van der Waals surface area contributed by atoms with Gasteiger partial charge in [0.25, 0.3) is 0 Å². The molecule has 34 heavy (non-hydrogen) atoms. The Hall–Kier alpha value is -3.07. The van der Waals surface area contributed by atoms with Crippen molar-refractivity contribution < 1.29 is 22.7 Å². The molecule has 3 aromatic rings. The molecule has 0 aromatic heterocycles. The Bertz CT molecular complexity index is 1240. The van der Waals surface area contributed by atoms with Crippen LogP contribution in [0.4, 0.5) is 5.69 Å². The van der Waals surface area contributed by atoms with Crippen LogP contribution in [0.2, 0.25) is 5.02 Å². The topological polar surface area (TPSA) is 76.2 Å². The summed E-state index contributed by atoms with van der Waals surface area (Å²) in [4.78, 5) is 14.5. The number of sulfonamides is 1. The van der Waals surface area contributed by atoms with Crippen LogP contribution in [-0.2, 0) is 21.4 Å². The van der Waals surface area contributed by atoms with Gasteiger partial charge in [0.05, 0.1) is 30.2 Å². The summed E-state index contributed by atoms with van der Waals surface area (Å²) in [5.74, 6) is 0.589. The van der Waals surface area contributed by atoms with Crippen molar-refractivity contribution in [2.45, 2.75) is 18.4 Å². The van der Waals surface area contributed by atoms with Gasteiger partial charge in [0.1, 0.15) is 11.5 Å². The molecule has 1 amide bonds. The van der Waals surface area contributed by atoms with E-state index in [9.17, 15) is 13.2 Å². The number of benzene rings is 3. The quantitative estimate of drug-likeness (QED) is 0.405. The van der Waals surface area contributed by atoms with Crippen LogP contribution in [0.3, 0.4) is 0 Å². The van der Waals surface area contributed by atoms with E-state index in [1.807, 2.05) is 37.3 Å². The highest BCUT2D eigenvalue weighted by Gasteiger charge is 2.29. The average molecular weight is 503 g/mol. The highest BCUT2D eigenvalue weighted by atomic mass is 35.5. The molecule has 0 bridgehead atoms. The maximum atomic E-state index is 13.6. The Morgan fingerprint density at radius 1 is 1.00 bits per heavy atom. The van der Waals surface area contributed by atoms with Gasteiger partial charge in [0, 0.05) is 25.3 Å². The molecule has 0 N–H and O–H groups in total. The Kier molecular flexibility index (Phi) is 8.55. The lowest BCUT2D eigenvalue weighted by molar-refractivity contribution is -0.118. The van der Waals surface area contributed by atoms with Crippen molar-refractivity contribution in [3.05, 3.63) is 83.4 Å². The fourth-order valence-electron chi connectivity index (χ4n) is 3.30. The lowest BCUT2D eigenvalue weighted by atomic mass is 10.2. The summed E-state index contributed by atoms with van der Waals surface area (Å²) in [7, 11) is -0.922. The second-order valence-electron chi connectivity index (χ2n) is 7.44. The maximum Gasteiger partial charge on any atom is 0.243 e. The number of rotatable bonds is 10. The van der Waals surface area contributed by atoms with Crippen LogP contribution in [0.15, 0.2) is 77.7 Å². The molecule has 0 unspecified atom stereocenters. The summed E-state index contributed by atoms with van der Waals surface area (Å²) in [6.45, 7) is 1.87. The predicted molar refractivity (Wildman–Crippen MR) is 133 cm³/mol. The van der Waals surface area contributed by atoms with Gasteiger partial charge in [0.15, 0.2) is 0 Å². The Labute approximate surface area is 205 Å². The summed E-state index contributed by atoms with van der Waals surface area (Å²) in [6.07, 6.45) is 0. The SMILES string of the molecule is CCOc1ccc(S(=O)(=O)N(CC(=O)N(C)c2cccc(OC)c2)Cc2ccccc2)cc1Cl. The minimum Gasteiger partial charge on any atom is -0.497 e. The van der Waals surface area contributed by atoms with Crippen LogP contribution >= 0.6 is 11.6 Å². The van der Waals surface area contributed by atoms with Crippen molar-refractivity contribution >= 4 is 33.2 Å². The molecule has 0 saturated carbocycles. The van der Waals surface area contributed by atoms with E-state index >= 15 is 0 Å². The molecule has 180 valence electrons. The minimum atomic E-state index is -4.06. The molecule has 0 atom stereocenters. The summed E-state index contributed by atoms with van der Waals surface area (Å²) in [6, 6.07) is 20.4. The monoisotopic (exact) mass is 502 g/mol. The van der Waals surface area contributed by atoms with E-state index in [2.05, 4.69) is 0 Å². The first-order chi connectivity index (χ1) is 16.3. The zero-order valence-corrected chi connectivity index (χ0v) is 20.8. The molecule has 0 aliphatic rings. The molecular weight excluding hydrogens is 476 g/mol. The third kappa shape index (κ3) is 6.08. The Balaban J connectivity index is 1.93. The summed E-state index contributed by atoms with van der Waals surface area (Å²) >= 11 is 6.25. The first kappa shape index (κ1) is 25.6. The lowest BCUT2D eigenvalue weighted by Gasteiger charge is -2.25. The molecule has 0 radical (unpaired) electrons. The highest BCUT2D eigenvalue weighted by Crippen LogP contribution is 2.29. The number of carbonyl (C=O) groups is 1. The predicted octanol–water partition coefficient (Wildman–Crippen LogP) is 4.60. The third-order valence-corrected chi connectivity index (χ3v) is 7.25. The molecule has 9 heteroatoms. The molecule has 7 nitrogen and oxygen atoms in total. The number of halogens is 1. The van der Waals surface area contributed by atoms with Crippen LogP contribution in [0.25, 0.3) is 0 Å². The van der Waals surface area contributed by atoms with Crippen molar-refractivity contribution in [3.63, 3.8) is 0 Å². The van der Waals surface area contributed by atoms with E-state index in [0.29, 0.717) is 23.8 Å². The normalized spacial score (nSPS) is 11.3. The van der Waals surface area contributed by atoms with Crippen molar-refractivity contribution in [3.8, 4) is 11.5 Å². The fourth-order valence-corrected chi connectivity index (χ4v) is 5.00. The summed E-state index contributed by atoms with van der Waals surface area (Å²) in [5.41, 5.74) is 1.34. The molecule has 0 aliphatic carbocycles. The summed E-state index contributed by atoms with van der Waals surface area (Å²) < 4.78 is 39.0. The van der Waals surface area contributed by atoms with Gasteiger partial charge in [-0.05, 0) is 42.8 Å². The number of hydrogen-bond acceptors (Lipinski definition) is 5. The number of likely N-dealkylation sites (N-methyl/N-ethyl adjacent to an activating group) is 1. The minimum absolute atomic E-state index is 0.0195. The number of amides is 1. The molecule has 0 heterocycles. The van der Waals surface area contributed by atoms with Gasteiger partial charge in [-0.3, -0.25) is 4.79 Å². The van der Waals surface area contributed by atoms with Gasteiger partial charge in [-0.25, -0.2) is 8.42 Å². The molecule has 0 spiro atoms. The molecule has 3 aromatic carbocycles. The van der Waals surface area contributed by atoms with Crippen molar-refractivity contribution in [1.29, 1.82) is 0 Å². The first-order valence-electron chi connectivity index (χ1n) is 10.6. The standard InChI is InChI=1S/C25H27ClN2O5S/c1-4-33-24-14-13-22(16-23(24)26)34(30,31)28(17-19-9-6-5-7-10-19)18-25(29)27(2)20-11-8-12-21(15-20)32-3/h5-16H,4,17-18H2,1-3H3. The number of nitrogens with zero attached hydrogens (tertiary/aromatic N) is 2. The Morgan fingerprint density at radius 3 is 2.38 bits per heavy atom. The van der Waals surface area contributed by atoms with Crippen LogP contribution in [-0.4, -0.2) is 45.9 Å². The summed E-state index contributed by atoms with van der Waals surface area (Å²) in [5, 5.41) is 0.183. The zero-order valence-electron chi connectivity index (χ0n) is 19.3. The molecule has 0 saturated heterocycles. The maximum absolute atomic E-state index is 13.6. The van der Waals surface area contributed by atoms with Gasteiger partial charge < -0.3 is 14.4 Å². The molecule has 0 fully saturated rings. The van der Waals surface area contributed by atoms with Crippen LogP contribution in [0.1, 0.15) is 12.5 Å². The molecule has 0 aliphatic heterocycles. The number of ether oxygens (including phenoxy) is 2. The van der Waals surface area contributed by atoms with E-state index in [0.717, 1.165) is 9.87 Å². The van der Waals surface area contributed by atoms with Crippen molar-refractivity contribution in [2.75, 3.05) is 32.2 Å². The van der Waals surface area contributed by atoms with Crippen LogP contribution in [0.5, 0.6) is 11.5 Å². The van der Waals surface area contributed by atoms with Crippen LogP contribution in [0, 0.1) is 0 Å². The highest BCUT2D eigenvalue weighted by molar-refractivity contribution is 7.89. The first-order valence-corrected chi connectivity index (χ1v) is 12.4. The number of carbonyl (C=O) groups excluding carboxylic acids is 1. The average Bonchev–Trinajstić information content (AvgIpc) is 2.85. The largest absolute Gasteiger partial charge is 0.497 e. The van der Waals surface area contributed by atoms with Gasteiger partial charge in [0.2, 0.25) is 15.9 Å². The lowest BCUT2D eigenvalue weighted by Crippen LogP contribution is -2.41. The van der Waals surface area contributed by atoms with E-state index in [1.54, 1.807) is 31.3 Å². The zero-order chi connectivity index (χ0) is 24.7. The van der Waals surface area contributed by atoms with Crippen molar-refractivity contribution in [1.82, 2.24) is 4.31 Å². The number of hydrogen-bond donors (Lipinski definition) is 0. The van der Waals surface area contributed by atoms with Gasteiger partial charge in [-0.2, -0.15) is 4.31 Å². The fraction of sp³-hybridized carbons (Fsp3) is 0.240.